The van der Waals surface area contributed by atoms with Gasteiger partial charge in [-0.15, -0.1) is 0 Å². The Balaban J connectivity index is 1.68. The zero-order chi connectivity index (χ0) is 24.2. The molecule has 7 nitrogen and oxygen atoms in total. The van der Waals surface area contributed by atoms with Crippen LogP contribution in [-0.4, -0.2) is 50.1 Å². The fourth-order valence-electron chi connectivity index (χ4n) is 3.34. The SMILES string of the molecule is NC1=NC(Nc2cc(Cl)c(-c3ccc(S(=O)(=O)N4CC(F)(F)C4)cc3)c(C(F)(F)F)c2)=NC1. The number of nitrogens with two attached hydrogens (primary N) is 1. The molecule has 176 valence electrons. The molecule has 0 aliphatic carbocycles. The fourth-order valence-corrected chi connectivity index (χ4v) is 5.16. The van der Waals surface area contributed by atoms with E-state index in [1.807, 2.05) is 0 Å². The lowest BCUT2D eigenvalue weighted by molar-refractivity contribution is -0.137. The molecule has 4 rings (SSSR count). The van der Waals surface area contributed by atoms with Crippen LogP contribution in [0.3, 0.4) is 0 Å². The van der Waals surface area contributed by atoms with Crippen molar-refractivity contribution in [2.24, 2.45) is 15.7 Å². The highest BCUT2D eigenvalue weighted by Crippen LogP contribution is 2.43. The van der Waals surface area contributed by atoms with Crippen molar-refractivity contribution in [3.8, 4) is 11.1 Å². The van der Waals surface area contributed by atoms with Gasteiger partial charge in [-0.25, -0.2) is 22.2 Å². The highest BCUT2D eigenvalue weighted by Gasteiger charge is 2.49. The van der Waals surface area contributed by atoms with Gasteiger partial charge in [-0.1, -0.05) is 23.7 Å². The minimum absolute atomic E-state index is 0.00719. The van der Waals surface area contributed by atoms with Crippen LogP contribution in [0.15, 0.2) is 51.3 Å². The van der Waals surface area contributed by atoms with E-state index in [0.29, 0.717) is 4.31 Å². The smallest absolute Gasteiger partial charge is 0.385 e. The molecule has 2 aliphatic heterocycles. The zero-order valence-electron chi connectivity index (χ0n) is 16.5. The number of anilines is 1. The monoisotopic (exact) mass is 507 g/mol. The second-order valence-electron chi connectivity index (χ2n) is 7.40. The van der Waals surface area contributed by atoms with Crippen molar-refractivity contribution in [1.29, 1.82) is 0 Å². The molecule has 0 spiro atoms. The molecule has 3 N–H and O–H groups in total. The first kappa shape index (κ1) is 23.4. The Kier molecular flexibility index (Phi) is 5.61. The minimum Gasteiger partial charge on any atom is -0.385 e. The molecule has 14 heteroatoms. The summed E-state index contributed by atoms with van der Waals surface area (Å²) < 4.78 is 93.0. The lowest BCUT2D eigenvalue weighted by atomic mass is 9.98. The summed E-state index contributed by atoms with van der Waals surface area (Å²) in [7, 11) is -4.19. The summed E-state index contributed by atoms with van der Waals surface area (Å²) >= 11 is 6.18. The van der Waals surface area contributed by atoms with Crippen LogP contribution in [0.2, 0.25) is 5.02 Å². The maximum Gasteiger partial charge on any atom is 0.417 e. The summed E-state index contributed by atoms with van der Waals surface area (Å²) in [5.74, 6) is -2.86. The molecular weight excluding hydrogens is 493 g/mol. The number of nitrogens with one attached hydrogen (secondary N) is 1. The van der Waals surface area contributed by atoms with Gasteiger partial charge in [0.25, 0.3) is 5.92 Å². The Morgan fingerprint density at radius 2 is 1.76 bits per heavy atom. The average Bonchev–Trinajstić information content (AvgIpc) is 3.09. The van der Waals surface area contributed by atoms with Crippen LogP contribution in [-0.2, 0) is 16.2 Å². The Hall–Kier alpha value is -2.77. The first-order chi connectivity index (χ1) is 15.3. The molecule has 2 aliphatic rings. The van der Waals surface area contributed by atoms with E-state index in [2.05, 4.69) is 15.3 Å². The van der Waals surface area contributed by atoms with Crippen LogP contribution in [0, 0.1) is 0 Å². The summed E-state index contributed by atoms with van der Waals surface area (Å²) in [5, 5.41) is 2.35. The predicted molar refractivity (Wildman–Crippen MR) is 113 cm³/mol. The maximum atomic E-state index is 13.8. The fraction of sp³-hybridized carbons (Fsp3) is 0.263. The second-order valence-corrected chi connectivity index (χ2v) is 9.74. The number of nitrogens with zero attached hydrogens (tertiary/aromatic N) is 3. The molecule has 1 fully saturated rings. The summed E-state index contributed by atoms with van der Waals surface area (Å²) in [6.45, 7) is -1.78. The average molecular weight is 508 g/mol. The third-order valence-corrected chi connectivity index (χ3v) is 6.99. The number of guanidine groups is 1. The molecule has 0 amide bonds. The van der Waals surface area contributed by atoms with E-state index in [1.165, 1.54) is 6.07 Å². The lowest BCUT2D eigenvalue weighted by Crippen LogP contribution is -2.58. The van der Waals surface area contributed by atoms with Gasteiger partial charge in [0.1, 0.15) is 12.4 Å². The highest BCUT2D eigenvalue weighted by molar-refractivity contribution is 7.89. The van der Waals surface area contributed by atoms with Gasteiger partial charge in [-0.3, -0.25) is 0 Å². The summed E-state index contributed by atoms with van der Waals surface area (Å²) in [6.07, 6.45) is -4.80. The van der Waals surface area contributed by atoms with Crippen molar-refractivity contribution < 1.29 is 30.4 Å². The molecule has 33 heavy (non-hydrogen) atoms. The lowest BCUT2D eigenvalue weighted by Gasteiger charge is -2.37. The van der Waals surface area contributed by atoms with Crippen molar-refractivity contribution in [3.05, 3.63) is 47.0 Å². The molecule has 0 aromatic heterocycles. The summed E-state index contributed by atoms with van der Waals surface area (Å²) in [4.78, 5) is 7.46. The van der Waals surface area contributed by atoms with Crippen molar-refractivity contribution >= 4 is 39.1 Å². The molecule has 0 unspecified atom stereocenters. The van der Waals surface area contributed by atoms with Crippen molar-refractivity contribution in [2.75, 3.05) is 25.0 Å². The normalized spacial score (nSPS) is 18.5. The topological polar surface area (TPSA) is 100 Å². The van der Waals surface area contributed by atoms with Crippen LogP contribution >= 0.6 is 11.6 Å². The Morgan fingerprint density at radius 3 is 2.27 bits per heavy atom. The molecular formula is C19H15ClF5N5O2S. The van der Waals surface area contributed by atoms with E-state index in [0.717, 1.165) is 30.3 Å². The van der Waals surface area contributed by atoms with E-state index < -0.39 is 40.8 Å². The van der Waals surface area contributed by atoms with Gasteiger partial charge in [-0.2, -0.15) is 22.5 Å². The number of hydrogen-bond acceptors (Lipinski definition) is 6. The molecule has 0 bridgehead atoms. The second kappa shape index (κ2) is 7.92. The van der Waals surface area contributed by atoms with E-state index in [4.69, 9.17) is 17.3 Å². The first-order valence-corrected chi connectivity index (χ1v) is 11.1. The Labute approximate surface area is 189 Å². The van der Waals surface area contributed by atoms with Crippen LogP contribution < -0.4 is 11.1 Å². The van der Waals surface area contributed by atoms with Gasteiger partial charge in [-0.05, 0) is 29.8 Å². The molecule has 2 aromatic rings. The third-order valence-electron chi connectivity index (χ3n) is 4.89. The van der Waals surface area contributed by atoms with E-state index in [-0.39, 0.29) is 45.1 Å². The van der Waals surface area contributed by atoms with Crippen molar-refractivity contribution in [1.82, 2.24) is 4.31 Å². The largest absolute Gasteiger partial charge is 0.417 e. The van der Waals surface area contributed by atoms with Gasteiger partial charge >= 0.3 is 6.18 Å². The first-order valence-electron chi connectivity index (χ1n) is 9.30. The number of benzene rings is 2. The van der Waals surface area contributed by atoms with Crippen LogP contribution in [0.1, 0.15) is 5.56 Å². The van der Waals surface area contributed by atoms with Crippen LogP contribution in [0.4, 0.5) is 27.6 Å². The van der Waals surface area contributed by atoms with E-state index in [9.17, 15) is 30.4 Å². The number of halogens is 6. The van der Waals surface area contributed by atoms with E-state index >= 15 is 0 Å². The van der Waals surface area contributed by atoms with Gasteiger partial charge in [0.15, 0.2) is 0 Å². The summed E-state index contributed by atoms with van der Waals surface area (Å²) in [6, 6.07) is 6.44. The van der Waals surface area contributed by atoms with Gasteiger partial charge in [0, 0.05) is 11.3 Å². The van der Waals surface area contributed by atoms with Crippen molar-refractivity contribution in [2.45, 2.75) is 17.0 Å². The van der Waals surface area contributed by atoms with E-state index in [1.54, 1.807) is 0 Å². The number of hydrogen-bond donors (Lipinski definition) is 2. The molecule has 0 atom stereocenters. The maximum absolute atomic E-state index is 13.8. The molecule has 2 aromatic carbocycles. The number of aliphatic imine (C=N–C) groups is 2. The van der Waals surface area contributed by atoms with Gasteiger partial charge < -0.3 is 11.1 Å². The number of alkyl halides is 5. The van der Waals surface area contributed by atoms with Gasteiger partial charge in [0.05, 0.1) is 28.6 Å². The number of rotatable bonds is 4. The Morgan fingerprint density at radius 1 is 1.12 bits per heavy atom. The summed E-state index contributed by atoms with van der Waals surface area (Å²) in [5.41, 5.74) is 4.02. The molecule has 0 saturated carbocycles. The highest BCUT2D eigenvalue weighted by atomic mass is 35.5. The van der Waals surface area contributed by atoms with Crippen LogP contribution in [0.5, 0.6) is 0 Å². The van der Waals surface area contributed by atoms with Gasteiger partial charge in [0.2, 0.25) is 16.0 Å². The predicted octanol–water partition coefficient (Wildman–Crippen LogP) is 3.80. The number of sulfonamides is 1. The standard InChI is InChI=1S/C19H15ClF5N5O2S/c20-14-6-11(28-17-27-7-15(26)29-17)5-13(19(23,24)25)16(14)10-1-3-12(4-2-10)33(31,32)30-8-18(21,22)9-30/h1-6H,7-9H2,(H3,26,27,28,29). The molecule has 0 radical (unpaired) electrons. The molecule has 1 saturated heterocycles. The third kappa shape index (κ3) is 4.66. The number of amidine groups is 1. The Bertz CT molecular complexity index is 1270. The van der Waals surface area contributed by atoms with Crippen LogP contribution in [0.25, 0.3) is 11.1 Å². The zero-order valence-corrected chi connectivity index (χ0v) is 18.1. The van der Waals surface area contributed by atoms with Crippen molar-refractivity contribution in [3.63, 3.8) is 0 Å². The quantitative estimate of drug-likeness (QED) is 0.615. The minimum atomic E-state index is -4.80. The molecule has 2 heterocycles.